The van der Waals surface area contributed by atoms with Crippen LogP contribution in [0.5, 0.6) is 0 Å². The maximum Gasteiger partial charge on any atom is 0.345 e. The first-order valence-corrected chi connectivity index (χ1v) is 10.2. The Bertz CT molecular complexity index is 866. The second-order valence-corrected chi connectivity index (χ2v) is 7.56. The monoisotopic (exact) mass is 512 g/mol. The highest BCUT2D eigenvalue weighted by Gasteiger charge is 2.16. The second kappa shape index (κ2) is 11.4. The largest absolute Gasteiger partial charge is 0.356 e. The highest BCUT2D eigenvalue weighted by Crippen LogP contribution is 2.10. The molecule has 7 nitrogen and oxygen atoms in total. The van der Waals surface area contributed by atoms with Crippen LogP contribution in [0.3, 0.4) is 0 Å². The van der Waals surface area contributed by atoms with Gasteiger partial charge in [0.2, 0.25) is 0 Å². The molecule has 0 atom stereocenters. The zero-order valence-corrected chi connectivity index (χ0v) is 20.0. The molecule has 0 unspecified atom stereocenters. The summed E-state index contributed by atoms with van der Waals surface area (Å²) in [5.74, 6) is 1.73. The Kier molecular flexibility index (Phi) is 9.19. The molecule has 2 N–H and O–H groups in total. The van der Waals surface area contributed by atoms with Gasteiger partial charge in [-0.15, -0.1) is 24.0 Å². The van der Waals surface area contributed by atoms with Crippen LogP contribution in [-0.2, 0) is 25.9 Å². The molecule has 0 bridgehead atoms. The Morgan fingerprint density at radius 2 is 1.86 bits per heavy atom. The third-order valence-electron chi connectivity index (χ3n) is 5.08. The van der Waals surface area contributed by atoms with E-state index in [-0.39, 0.29) is 29.7 Å². The van der Waals surface area contributed by atoms with Gasteiger partial charge in [0.15, 0.2) is 5.96 Å². The number of rotatable bonds is 7. The fourth-order valence-corrected chi connectivity index (χ4v) is 3.79. The predicted molar refractivity (Wildman–Crippen MR) is 128 cm³/mol. The van der Waals surface area contributed by atoms with Gasteiger partial charge in [-0.2, -0.15) is 5.10 Å². The van der Waals surface area contributed by atoms with E-state index in [0.717, 1.165) is 63.5 Å². The second-order valence-electron chi connectivity index (χ2n) is 7.56. The molecule has 160 valence electrons. The van der Waals surface area contributed by atoms with Crippen molar-refractivity contribution in [3.8, 4) is 0 Å². The van der Waals surface area contributed by atoms with Crippen LogP contribution < -0.4 is 16.3 Å². The SMILES string of the molecule is CN=C(NCCCn1nc2n(c1=O)CCCC2)NCCc1cc(C)cc(C)c1.I. The van der Waals surface area contributed by atoms with Crippen LogP contribution in [0.25, 0.3) is 0 Å². The fourth-order valence-electron chi connectivity index (χ4n) is 3.79. The van der Waals surface area contributed by atoms with Crippen molar-refractivity contribution in [3.05, 3.63) is 51.2 Å². The lowest BCUT2D eigenvalue weighted by atomic mass is 10.1. The summed E-state index contributed by atoms with van der Waals surface area (Å²) < 4.78 is 3.43. The van der Waals surface area contributed by atoms with Gasteiger partial charge >= 0.3 is 5.69 Å². The van der Waals surface area contributed by atoms with Crippen molar-refractivity contribution >= 4 is 29.9 Å². The molecule has 29 heavy (non-hydrogen) atoms. The predicted octanol–water partition coefficient (Wildman–Crippen LogP) is 2.41. The van der Waals surface area contributed by atoms with E-state index < -0.39 is 0 Å². The summed E-state index contributed by atoms with van der Waals surface area (Å²) in [6, 6.07) is 6.65. The fraction of sp³-hybridized carbons (Fsp3) is 0.571. The number of aliphatic imine (C=N–C) groups is 1. The highest BCUT2D eigenvalue weighted by molar-refractivity contribution is 14.0. The smallest absolute Gasteiger partial charge is 0.345 e. The van der Waals surface area contributed by atoms with Gasteiger partial charge in [-0.1, -0.05) is 29.3 Å². The molecule has 0 aliphatic carbocycles. The molecule has 0 saturated heterocycles. The molecule has 0 saturated carbocycles. The van der Waals surface area contributed by atoms with E-state index in [1.807, 2.05) is 4.57 Å². The number of fused-ring (bicyclic) bond motifs is 1. The highest BCUT2D eigenvalue weighted by atomic mass is 127. The summed E-state index contributed by atoms with van der Waals surface area (Å²) in [5, 5.41) is 11.2. The Labute approximate surface area is 190 Å². The Hall–Kier alpha value is -1.84. The van der Waals surface area contributed by atoms with E-state index in [4.69, 9.17) is 0 Å². The maximum absolute atomic E-state index is 12.3. The molecule has 0 amide bonds. The quantitative estimate of drug-likeness (QED) is 0.259. The normalized spacial score (nSPS) is 13.6. The van der Waals surface area contributed by atoms with Gasteiger partial charge in [0.1, 0.15) is 5.82 Å². The number of hydrogen-bond donors (Lipinski definition) is 2. The van der Waals surface area contributed by atoms with E-state index in [2.05, 4.69) is 52.8 Å². The van der Waals surface area contributed by atoms with E-state index in [0.29, 0.717) is 6.54 Å². The van der Waals surface area contributed by atoms with Gasteiger partial charge in [-0.25, -0.2) is 9.48 Å². The average molecular weight is 512 g/mol. The van der Waals surface area contributed by atoms with E-state index in [9.17, 15) is 4.79 Å². The number of aryl methyl sites for hydroxylation is 4. The minimum absolute atomic E-state index is 0. The molecular weight excluding hydrogens is 479 g/mol. The van der Waals surface area contributed by atoms with Crippen LogP contribution in [0.2, 0.25) is 0 Å². The standard InChI is InChI=1S/C21H32N6O.HI/c1-16-13-17(2)15-18(14-16)8-10-24-20(22-3)23-9-6-12-27-21(28)26-11-5-4-7-19(26)25-27;/h13-15H,4-12H2,1-3H3,(H2,22,23,24);1H. The molecular formula is C21H33IN6O. The first kappa shape index (κ1) is 23.4. The van der Waals surface area contributed by atoms with Crippen molar-refractivity contribution in [2.24, 2.45) is 4.99 Å². The molecule has 1 aromatic heterocycles. The molecule has 1 aliphatic heterocycles. The van der Waals surface area contributed by atoms with Crippen molar-refractivity contribution in [1.82, 2.24) is 25.0 Å². The number of aromatic nitrogens is 3. The van der Waals surface area contributed by atoms with Crippen molar-refractivity contribution in [2.45, 2.75) is 59.0 Å². The minimum atomic E-state index is 0. The van der Waals surface area contributed by atoms with Gasteiger partial charge in [-0.05, 0) is 45.1 Å². The van der Waals surface area contributed by atoms with Crippen LogP contribution in [0.4, 0.5) is 0 Å². The van der Waals surface area contributed by atoms with E-state index >= 15 is 0 Å². The first-order chi connectivity index (χ1) is 13.6. The third-order valence-corrected chi connectivity index (χ3v) is 5.08. The summed E-state index contributed by atoms with van der Waals surface area (Å²) in [5.41, 5.74) is 3.97. The van der Waals surface area contributed by atoms with Crippen LogP contribution in [0.15, 0.2) is 28.0 Å². The number of halogens is 1. The molecule has 1 aliphatic rings. The van der Waals surface area contributed by atoms with E-state index in [1.165, 1.54) is 16.7 Å². The number of benzene rings is 1. The summed E-state index contributed by atoms with van der Waals surface area (Å²) in [7, 11) is 1.78. The van der Waals surface area contributed by atoms with Gasteiger partial charge in [0.25, 0.3) is 0 Å². The minimum Gasteiger partial charge on any atom is -0.356 e. The Morgan fingerprint density at radius 3 is 2.55 bits per heavy atom. The zero-order chi connectivity index (χ0) is 19.9. The van der Waals surface area contributed by atoms with Crippen LogP contribution in [-0.4, -0.2) is 40.4 Å². The molecule has 0 radical (unpaired) electrons. The Morgan fingerprint density at radius 1 is 1.14 bits per heavy atom. The van der Waals surface area contributed by atoms with Crippen molar-refractivity contribution < 1.29 is 0 Å². The molecule has 1 aromatic carbocycles. The summed E-state index contributed by atoms with van der Waals surface area (Å²) in [4.78, 5) is 16.6. The number of guanidine groups is 1. The van der Waals surface area contributed by atoms with Gasteiger partial charge in [-0.3, -0.25) is 9.56 Å². The van der Waals surface area contributed by atoms with Gasteiger partial charge < -0.3 is 10.6 Å². The summed E-state index contributed by atoms with van der Waals surface area (Å²) in [6.45, 7) is 7.28. The third kappa shape index (κ3) is 6.58. The zero-order valence-electron chi connectivity index (χ0n) is 17.7. The maximum atomic E-state index is 12.3. The number of nitrogens with zero attached hydrogens (tertiary/aromatic N) is 4. The van der Waals surface area contributed by atoms with E-state index in [1.54, 1.807) is 11.7 Å². The Balaban J connectivity index is 0.00000300. The van der Waals surface area contributed by atoms with Crippen molar-refractivity contribution in [3.63, 3.8) is 0 Å². The van der Waals surface area contributed by atoms with Crippen molar-refractivity contribution in [1.29, 1.82) is 0 Å². The molecule has 8 heteroatoms. The van der Waals surface area contributed by atoms with Crippen LogP contribution >= 0.6 is 24.0 Å². The van der Waals surface area contributed by atoms with Crippen molar-refractivity contribution in [2.75, 3.05) is 20.1 Å². The van der Waals surface area contributed by atoms with Crippen LogP contribution in [0, 0.1) is 13.8 Å². The topological polar surface area (TPSA) is 76.2 Å². The van der Waals surface area contributed by atoms with Crippen LogP contribution in [0.1, 0.15) is 41.8 Å². The van der Waals surface area contributed by atoms with Gasteiger partial charge in [0, 0.05) is 39.6 Å². The lowest BCUT2D eigenvalue weighted by molar-refractivity contribution is 0.509. The molecule has 0 fully saturated rings. The first-order valence-electron chi connectivity index (χ1n) is 10.2. The molecule has 0 spiro atoms. The molecule has 2 heterocycles. The lowest BCUT2D eigenvalue weighted by Crippen LogP contribution is -2.39. The number of hydrogen-bond acceptors (Lipinski definition) is 3. The van der Waals surface area contributed by atoms with Gasteiger partial charge in [0.05, 0.1) is 0 Å². The summed E-state index contributed by atoms with van der Waals surface area (Å²) in [6.07, 6.45) is 4.90. The molecule has 3 rings (SSSR count). The number of nitrogens with one attached hydrogen (secondary N) is 2. The average Bonchev–Trinajstić information content (AvgIpc) is 2.99. The lowest BCUT2D eigenvalue weighted by Gasteiger charge is -2.12. The molecule has 2 aromatic rings. The summed E-state index contributed by atoms with van der Waals surface area (Å²) >= 11 is 0.